The molecule has 0 unspecified atom stereocenters. The molecule has 21 heavy (non-hydrogen) atoms. The quantitative estimate of drug-likeness (QED) is 0.721. The van der Waals surface area contributed by atoms with E-state index in [0.717, 1.165) is 5.56 Å². The highest BCUT2D eigenvalue weighted by atomic mass is 35.5. The standard InChI is InChI=1S/C14H10ClN5O/c1-19-13-11(6-18-19)14(21)20(8-17-13)7-10-3-2-9(5-16)4-12(10)15/h2-4,6,8H,7H2,1H3. The van der Waals surface area contributed by atoms with Gasteiger partial charge in [0.25, 0.3) is 5.56 Å². The van der Waals surface area contributed by atoms with Gasteiger partial charge in [-0.2, -0.15) is 10.4 Å². The highest BCUT2D eigenvalue weighted by Crippen LogP contribution is 2.18. The van der Waals surface area contributed by atoms with Crippen molar-refractivity contribution in [2.24, 2.45) is 7.05 Å². The molecule has 104 valence electrons. The van der Waals surface area contributed by atoms with Gasteiger partial charge >= 0.3 is 0 Å². The number of nitrogens with zero attached hydrogens (tertiary/aromatic N) is 5. The van der Waals surface area contributed by atoms with Crippen LogP contribution in [0.25, 0.3) is 11.0 Å². The summed E-state index contributed by atoms with van der Waals surface area (Å²) in [7, 11) is 1.73. The highest BCUT2D eigenvalue weighted by Gasteiger charge is 2.10. The zero-order chi connectivity index (χ0) is 15.0. The molecule has 3 rings (SSSR count). The maximum absolute atomic E-state index is 12.4. The van der Waals surface area contributed by atoms with Crippen LogP contribution in [-0.2, 0) is 13.6 Å². The Hall–Kier alpha value is -2.65. The number of hydrogen-bond acceptors (Lipinski definition) is 4. The van der Waals surface area contributed by atoms with Gasteiger partial charge in [-0.25, -0.2) is 4.98 Å². The molecule has 0 aliphatic carbocycles. The molecule has 0 fully saturated rings. The van der Waals surface area contributed by atoms with Gasteiger partial charge in [-0.1, -0.05) is 17.7 Å². The summed E-state index contributed by atoms with van der Waals surface area (Å²) in [6.45, 7) is 0.293. The Kier molecular flexibility index (Phi) is 3.20. The second kappa shape index (κ2) is 5.04. The fourth-order valence-electron chi connectivity index (χ4n) is 2.11. The molecule has 1 aromatic carbocycles. The van der Waals surface area contributed by atoms with Gasteiger partial charge in [0.15, 0.2) is 5.65 Å². The number of halogens is 1. The Morgan fingerprint density at radius 3 is 2.95 bits per heavy atom. The number of aromatic nitrogens is 4. The normalized spacial score (nSPS) is 10.7. The maximum Gasteiger partial charge on any atom is 0.264 e. The minimum atomic E-state index is -0.173. The third-order valence-corrected chi connectivity index (χ3v) is 3.59. The summed E-state index contributed by atoms with van der Waals surface area (Å²) in [5.74, 6) is 0. The lowest BCUT2D eigenvalue weighted by Crippen LogP contribution is -2.21. The van der Waals surface area contributed by atoms with Crippen LogP contribution in [0.5, 0.6) is 0 Å². The number of aryl methyl sites for hydroxylation is 1. The molecule has 0 aliphatic heterocycles. The van der Waals surface area contributed by atoms with Crippen molar-refractivity contribution in [3.05, 3.63) is 57.2 Å². The summed E-state index contributed by atoms with van der Waals surface area (Å²) in [4.78, 5) is 16.6. The van der Waals surface area contributed by atoms with E-state index in [0.29, 0.717) is 28.2 Å². The summed E-state index contributed by atoms with van der Waals surface area (Å²) >= 11 is 6.13. The largest absolute Gasteiger partial charge is 0.294 e. The van der Waals surface area contributed by atoms with Gasteiger partial charge in [-0.15, -0.1) is 0 Å². The van der Waals surface area contributed by atoms with Crippen LogP contribution < -0.4 is 5.56 Å². The minimum absolute atomic E-state index is 0.173. The highest BCUT2D eigenvalue weighted by molar-refractivity contribution is 6.31. The SMILES string of the molecule is Cn1ncc2c(=O)n(Cc3ccc(C#N)cc3Cl)cnc21. The van der Waals surface area contributed by atoms with Crippen molar-refractivity contribution < 1.29 is 0 Å². The van der Waals surface area contributed by atoms with Crippen LogP contribution in [0, 0.1) is 11.3 Å². The third-order valence-electron chi connectivity index (χ3n) is 3.24. The summed E-state index contributed by atoms with van der Waals surface area (Å²) in [5.41, 5.74) is 1.61. The lowest BCUT2D eigenvalue weighted by atomic mass is 10.1. The van der Waals surface area contributed by atoms with Gasteiger partial charge in [0.1, 0.15) is 11.7 Å². The first-order chi connectivity index (χ1) is 10.1. The first-order valence-corrected chi connectivity index (χ1v) is 6.53. The molecule has 7 heteroatoms. The van der Waals surface area contributed by atoms with Gasteiger partial charge in [0.2, 0.25) is 0 Å². The van der Waals surface area contributed by atoms with E-state index in [9.17, 15) is 4.79 Å². The monoisotopic (exact) mass is 299 g/mol. The van der Waals surface area contributed by atoms with E-state index < -0.39 is 0 Å². The predicted molar refractivity (Wildman–Crippen MR) is 78.0 cm³/mol. The number of hydrogen-bond donors (Lipinski definition) is 0. The van der Waals surface area contributed by atoms with Gasteiger partial charge in [0, 0.05) is 12.1 Å². The summed E-state index contributed by atoms with van der Waals surface area (Å²) in [6, 6.07) is 7.01. The maximum atomic E-state index is 12.4. The van der Waals surface area contributed by atoms with Crippen LogP contribution in [0.1, 0.15) is 11.1 Å². The van der Waals surface area contributed by atoms with Crippen molar-refractivity contribution in [2.75, 3.05) is 0 Å². The zero-order valence-corrected chi connectivity index (χ0v) is 11.9. The molecule has 0 radical (unpaired) electrons. The van der Waals surface area contributed by atoms with Crippen LogP contribution in [0.15, 0.2) is 35.5 Å². The summed E-state index contributed by atoms with van der Waals surface area (Å²) in [5, 5.41) is 13.8. The average molecular weight is 300 g/mol. The van der Waals surface area contributed by atoms with Gasteiger partial charge in [0.05, 0.1) is 24.4 Å². The molecule has 0 aliphatic rings. The van der Waals surface area contributed by atoms with E-state index in [1.807, 2.05) is 6.07 Å². The Morgan fingerprint density at radius 1 is 1.43 bits per heavy atom. The van der Waals surface area contributed by atoms with E-state index >= 15 is 0 Å². The fourth-order valence-corrected chi connectivity index (χ4v) is 2.35. The second-order valence-electron chi connectivity index (χ2n) is 4.60. The molecular weight excluding hydrogens is 290 g/mol. The van der Waals surface area contributed by atoms with E-state index in [-0.39, 0.29) is 5.56 Å². The molecule has 3 aromatic rings. The average Bonchev–Trinajstić information content (AvgIpc) is 2.86. The van der Waals surface area contributed by atoms with Crippen molar-refractivity contribution >= 4 is 22.6 Å². The van der Waals surface area contributed by atoms with Crippen LogP contribution in [0.2, 0.25) is 5.02 Å². The molecule has 2 aromatic heterocycles. The van der Waals surface area contributed by atoms with Gasteiger partial charge in [-0.3, -0.25) is 14.0 Å². The van der Waals surface area contributed by atoms with Gasteiger partial charge in [-0.05, 0) is 17.7 Å². The zero-order valence-electron chi connectivity index (χ0n) is 11.1. The Balaban J connectivity index is 2.05. The van der Waals surface area contributed by atoms with Crippen molar-refractivity contribution in [3.8, 4) is 6.07 Å². The number of benzene rings is 1. The molecular formula is C14H10ClN5O. The summed E-state index contributed by atoms with van der Waals surface area (Å²) < 4.78 is 3.02. The molecule has 0 atom stereocenters. The van der Waals surface area contributed by atoms with Crippen LogP contribution in [-0.4, -0.2) is 19.3 Å². The van der Waals surface area contributed by atoms with Crippen LogP contribution in [0.3, 0.4) is 0 Å². The molecule has 0 amide bonds. The Labute approximate surface area is 124 Å². The smallest absolute Gasteiger partial charge is 0.264 e. The van der Waals surface area contributed by atoms with Crippen molar-refractivity contribution in [1.82, 2.24) is 19.3 Å². The molecule has 0 saturated carbocycles. The lowest BCUT2D eigenvalue weighted by molar-refractivity contribution is 0.737. The van der Waals surface area contributed by atoms with Crippen LogP contribution >= 0.6 is 11.6 Å². The van der Waals surface area contributed by atoms with E-state index in [1.165, 1.54) is 17.1 Å². The first kappa shape index (κ1) is 13.3. The van der Waals surface area contributed by atoms with Crippen molar-refractivity contribution in [1.29, 1.82) is 5.26 Å². The number of rotatable bonds is 2. The minimum Gasteiger partial charge on any atom is -0.294 e. The van der Waals surface area contributed by atoms with Crippen LogP contribution in [0.4, 0.5) is 0 Å². The Morgan fingerprint density at radius 2 is 2.24 bits per heavy atom. The van der Waals surface area contributed by atoms with E-state index in [4.69, 9.17) is 16.9 Å². The van der Waals surface area contributed by atoms with Crippen molar-refractivity contribution in [3.63, 3.8) is 0 Å². The number of nitriles is 1. The van der Waals surface area contributed by atoms with E-state index in [2.05, 4.69) is 10.1 Å². The molecule has 6 nitrogen and oxygen atoms in total. The molecule has 0 saturated heterocycles. The third kappa shape index (κ3) is 2.28. The lowest BCUT2D eigenvalue weighted by Gasteiger charge is -2.07. The van der Waals surface area contributed by atoms with Crippen molar-refractivity contribution in [2.45, 2.75) is 6.54 Å². The van der Waals surface area contributed by atoms with E-state index in [1.54, 1.807) is 29.9 Å². The number of fused-ring (bicyclic) bond motifs is 1. The van der Waals surface area contributed by atoms with Gasteiger partial charge < -0.3 is 0 Å². The molecule has 2 heterocycles. The first-order valence-electron chi connectivity index (χ1n) is 6.16. The topological polar surface area (TPSA) is 76.5 Å². The molecule has 0 N–H and O–H groups in total. The second-order valence-corrected chi connectivity index (χ2v) is 5.01. The Bertz CT molecular complexity index is 935. The molecule has 0 spiro atoms. The fraction of sp³-hybridized carbons (Fsp3) is 0.143. The predicted octanol–water partition coefficient (Wildman–Crippen LogP) is 1.70. The summed E-state index contributed by atoms with van der Waals surface area (Å²) in [6.07, 6.45) is 2.97. The molecule has 0 bridgehead atoms.